The van der Waals surface area contributed by atoms with Crippen LogP contribution in [0, 0.1) is 6.92 Å². The average molecular weight is 289 g/mol. The molecular formula is C14H22F3N3. The highest BCUT2D eigenvalue weighted by molar-refractivity contribution is 5.48. The van der Waals surface area contributed by atoms with Crippen LogP contribution in [-0.4, -0.2) is 29.8 Å². The van der Waals surface area contributed by atoms with Crippen molar-refractivity contribution < 1.29 is 13.2 Å². The highest BCUT2D eigenvalue weighted by Crippen LogP contribution is 2.25. The first-order chi connectivity index (χ1) is 9.10. The van der Waals surface area contributed by atoms with Crippen LogP contribution in [0.3, 0.4) is 0 Å². The molecule has 0 radical (unpaired) electrons. The molecular weight excluding hydrogens is 267 g/mol. The van der Waals surface area contributed by atoms with Gasteiger partial charge in [-0.05, 0) is 45.2 Å². The lowest BCUT2D eigenvalue weighted by Gasteiger charge is -2.30. The molecule has 0 saturated carbocycles. The minimum absolute atomic E-state index is 0.00146. The number of rotatable bonds is 5. The SMILES string of the molecule is Cc1cc(CC(C)N)cnc1N(CC(F)(F)F)C(C)C. The van der Waals surface area contributed by atoms with Crippen LogP contribution in [0.1, 0.15) is 31.9 Å². The van der Waals surface area contributed by atoms with Gasteiger partial charge >= 0.3 is 6.18 Å². The minimum Gasteiger partial charge on any atom is -0.345 e. The molecule has 1 unspecified atom stereocenters. The van der Waals surface area contributed by atoms with Crippen molar-refractivity contribution in [1.29, 1.82) is 0 Å². The topological polar surface area (TPSA) is 42.1 Å². The van der Waals surface area contributed by atoms with Gasteiger partial charge in [0.2, 0.25) is 0 Å². The number of halogens is 3. The van der Waals surface area contributed by atoms with Crippen LogP contribution in [0.5, 0.6) is 0 Å². The van der Waals surface area contributed by atoms with Crippen molar-refractivity contribution in [3.05, 3.63) is 23.4 Å². The van der Waals surface area contributed by atoms with Gasteiger partial charge in [-0.2, -0.15) is 13.2 Å². The second-order valence-corrected chi connectivity index (χ2v) is 5.50. The summed E-state index contributed by atoms with van der Waals surface area (Å²) in [5.74, 6) is 0.380. The van der Waals surface area contributed by atoms with E-state index in [1.165, 1.54) is 4.90 Å². The molecule has 20 heavy (non-hydrogen) atoms. The molecule has 0 aliphatic carbocycles. The third kappa shape index (κ3) is 5.00. The van der Waals surface area contributed by atoms with Gasteiger partial charge in [0, 0.05) is 18.3 Å². The summed E-state index contributed by atoms with van der Waals surface area (Å²) in [6.07, 6.45) is -1.98. The van der Waals surface area contributed by atoms with E-state index in [0.29, 0.717) is 12.2 Å². The Balaban J connectivity index is 3.03. The fourth-order valence-corrected chi connectivity index (χ4v) is 2.11. The molecule has 1 atom stereocenters. The van der Waals surface area contributed by atoms with Gasteiger partial charge in [-0.1, -0.05) is 6.07 Å². The maximum atomic E-state index is 12.6. The zero-order valence-electron chi connectivity index (χ0n) is 12.3. The zero-order chi connectivity index (χ0) is 15.5. The van der Waals surface area contributed by atoms with E-state index < -0.39 is 12.7 Å². The first kappa shape index (κ1) is 16.8. The molecule has 1 heterocycles. The van der Waals surface area contributed by atoms with Crippen molar-refractivity contribution in [2.24, 2.45) is 5.73 Å². The molecule has 1 aromatic heterocycles. The Kier molecular flexibility index (Phi) is 5.39. The van der Waals surface area contributed by atoms with Crippen molar-refractivity contribution in [3.8, 4) is 0 Å². The molecule has 2 N–H and O–H groups in total. The summed E-state index contributed by atoms with van der Waals surface area (Å²) in [5.41, 5.74) is 7.40. The smallest absolute Gasteiger partial charge is 0.345 e. The summed E-state index contributed by atoms with van der Waals surface area (Å²) in [7, 11) is 0. The predicted molar refractivity (Wildman–Crippen MR) is 74.9 cm³/mol. The number of nitrogens with two attached hydrogens (primary N) is 1. The van der Waals surface area contributed by atoms with E-state index in [0.717, 1.165) is 11.1 Å². The Morgan fingerprint density at radius 2 is 1.90 bits per heavy atom. The Labute approximate surface area is 118 Å². The van der Waals surface area contributed by atoms with Gasteiger partial charge in [-0.15, -0.1) is 0 Å². The largest absolute Gasteiger partial charge is 0.405 e. The lowest BCUT2D eigenvalue weighted by molar-refractivity contribution is -0.120. The highest BCUT2D eigenvalue weighted by Gasteiger charge is 2.33. The average Bonchev–Trinajstić information content (AvgIpc) is 2.24. The summed E-state index contributed by atoms with van der Waals surface area (Å²) in [6, 6.07) is 1.58. The summed E-state index contributed by atoms with van der Waals surface area (Å²) < 4.78 is 37.9. The van der Waals surface area contributed by atoms with E-state index in [2.05, 4.69) is 4.98 Å². The first-order valence-corrected chi connectivity index (χ1v) is 6.64. The molecule has 0 saturated heterocycles. The van der Waals surface area contributed by atoms with Gasteiger partial charge in [-0.25, -0.2) is 4.98 Å². The van der Waals surface area contributed by atoms with Crippen LogP contribution in [-0.2, 0) is 6.42 Å². The van der Waals surface area contributed by atoms with E-state index in [1.807, 2.05) is 13.0 Å². The number of pyridine rings is 1. The third-order valence-corrected chi connectivity index (χ3v) is 2.91. The molecule has 0 spiro atoms. The second kappa shape index (κ2) is 6.43. The van der Waals surface area contributed by atoms with Gasteiger partial charge < -0.3 is 10.6 Å². The van der Waals surface area contributed by atoms with Gasteiger partial charge in [0.25, 0.3) is 0 Å². The standard InChI is InChI=1S/C14H22F3N3/c1-9(2)20(8-14(15,16)17)13-10(3)5-12(7-19-13)6-11(4)18/h5,7,9,11H,6,8,18H2,1-4H3. The summed E-state index contributed by atoms with van der Waals surface area (Å²) >= 11 is 0. The Hall–Kier alpha value is -1.30. The van der Waals surface area contributed by atoms with Gasteiger partial charge in [-0.3, -0.25) is 0 Å². The van der Waals surface area contributed by atoms with Crippen LogP contribution in [0.25, 0.3) is 0 Å². The van der Waals surface area contributed by atoms with Crippen LogP contribution in [0.4, 0.5) is 19.0 Å². The normalized spacial score (nSPS) is 13.7. The maximum absolute atomic E-state index is 12.6. The molecule has 1 aromatic rings. The number of alkyl halides is 3. The van der Waals surface area contributed by atoms with Gasteiger partial charge in [0.05, 0.1) is 0 Å². The van der Waals surface area contributed by atoms with E-state index in [1.54, 1.807) is 27.0 Å². The number of aryl methyl sites for hydroxylation is 1. The molecule has 114 valence electrons. The molecule has 0 aromatic carbocycles. The summed E-state index contributed by atoms with van der Waals surface area (Å²) in [4.78, 5) is 5.48. The lowest BCUT2D eigenvalue weighted by Crippen LogP contribution is -2.40. The van der Waals surface area contributed by atoms with Crippen LogP contribution < -0.4 is 10.6 Å². The quantitative estimate of drug-likeness (QED) is 0.906. The van der Waals surface area contributed by atoms with Crippen LogP contribution in [0.2, 0.25) is 0 Å². The van der Waals surface area contributed by atoms with Crippen LogP contribution >= 0.6 is 0 Å². The number of hydrogen-bond donors (Lipinski definition) is 1. The number of hydrogen-bond acceptors (Lipinski definition) is 3. The van der Waals surface area contributed by atoms with E-state index in [9.17, 15) is 13.2 Å². The van der Waals surface area contributed by atoms with E-state index in [4.69, 9.17) is 5.73 Å². The predicted octanol–water partition coefficient (Wildman–Crippen LogP) is 3.06. The Morgan fingerprint density at radius 3 is 2.30 bits per heavy atom. The molecule has 6 heteroatoms. The van der Waals surface area contributed by atoms with Gasteiger partial charge in [0.15, 0.2) is 0 Å². The molecule has 0 aliphatic rings. The van der Waals surface area contributed by atoms with Crippen molar-refractivity contribution >= 4 is 5.82 Å². The summed E-state index contributed by atoms with van der Waals surface area (Å²) in [5, 5.41) is 0. The molecule has 0 bridgehead atoms. The second-order valence-electron chi connectivity index (χ2n) is 5.50. The fraction of sp³-hybridized carbons (Fsp3) is 0.643. The maximum Gasteiger partial charge on any atom is 0.405 e. The van der Waals surface area contributed by atoms with E-state index >= 15 is 0 Å². The molecule has 0 fully saturated rings. The monoisotopic (exact) mass is 289 g/mol. The van der Waals surface area contributed by atoms with Crippen molar-refractivity contribution in [1.82, 2.24) is 4.98 Å². The van der Waals surface area contributed by atoms with Crippen molar-refractivity contribution in [3.63, 3.8) is 0 Å². The number of aromatic nitrogens is 1. The van der Waals surface area contributed by atoms with Gasteiger partial charge in [0.1, 0.15) is 12.4 Å². The van der Waals surface area contributed by atoms with Crippen molar-refractivity contribution in [2.75, 3.05) is 11.4 Å². The number of anilines is 1. The van der Waals surface area contributed by atoms with E-state index in [-0.39, 0.29) is 12.1 Å². The molecule has 1 rings (SSSR count). The Bertz CT molecular complexity index is 442. The van der Waals surface area contributed by atoms with Crippen LogP contribution in [0.15, 0.2) is 12.3 Å². The highest BCUT2D eigenvalue weighted by atomic mass is 19.4. The Morgan fingerprint density at radius 1 is 1.30 bits per heavy atom. The molecule has 0 amide bonds. The third-order valence-electron chi connectivity index (χ3n) is 2.91. The first-order valence-electron chi connectivity index (χ1n) is 6.64. The fourth-order valence-electron chi connectivity index (χ4n) is 2.11. The molecule has 3 nitrogen and oxygen atoms in total. The minimum atomic E-state index is -4.25. The molecule has 0 aliphatic heterocycles. The van der Waals surface area contributed by atoms with Crippen molar-refractivity contribution in [2.45, 2.75) is 52.4 Å². The summed E-state index contributed by atoms with van der Waals surface area (Å²) in [6.45, 7) is 6.11. The lowest BCUT2D eigenvalue weighted by atomic mass is 10.1. The number of nitrogens with zero attached hydrogens (tertiary/aromatic N) is 2. The zero-order valence-corrected chi connectivity index (χ0v) is 12.3.